The van der Waals surface area contributed by atoms with E-state index in [4.69, 9.17) is 4.74 Å². The van der Waals surface area contributed by atoms with Gasteiger partial charge in [-0.1, -0.05) is 66.7 Å². The molecule has 43 heavy (non-hydrogen) atoms. The van der Waals surface area contributed by atoms with E-state index in [0.29, 0.717) is 34.6 Å². The molecule has 6 nitrogen and oxygen atoms in total. The van der Waals surface area contributed by atoms with Gasteiger partial charge in [0.25, 0.3) is 5.56 Å². The molecule has 0 saturated carbocycles. The molecule has 0 spiro atoms. The largest absolute Gasteiger partial charge is 0.497 e. The molecule has 0 N–H and O–H groups in total. The Morgan fingerprint density at radius 3 is 2.14 bits per heavy atom. The summed E-state index contributed by atoms with van der Waals surface area (Å²) in [6.45, 7) is 1.11. The minimum atomic E-state index is -0.515. The molecule has 2 aromatic heterocycles. The van der Waals surface area contributed by atoms with Gasteiger partial charge >= 0.3 is 5.69 Å². The second kappa shape index (κ2) is 12.2. The van der Waals surface area contributed by atoms with Crippen LogP contribution in [0, 0.1) is 5.82 Å². The lowest BCUT2D eigenvalue weighted by molar-refractivity contribution is 0.321. The Kier molecular flexibility index (Phi) is 8.05. The van der Waals surface area contributed by atoms with Crippen LogP contribution in [0.2, 0.25) is 0 Å². The number of rotatable bonds is 9. The van der Waals surface area contributed by atoms with Crippen LogP contribution in [-0.2, 0) is 19.6 Å². The van der Waals surface area contributed by atoms with E-state index in [1.807, 2.05) is 55.6 Å². The molecule has 6 rings (SSSR count). The molecule has 0 aliphatic carbocycles. The molecule has 0 aliphatic heterocycles. The first kappa shape index (κ1) is 28.3. The Labute approximate surface area is 252 Å². The molecule has 0 radical (unpaired) electrons. The van der Waals surface area contributed by atoms with E-state index in [1.54, 1.807) is 49.6 Å². The fourth-order valence-electron chi connectivity index (χ4n) is 5.36. The zero-order valence-electron chi connectivity index (χ0n) is 23.9. The van der Waals surface area contributed by atoms with Gasteiger partial charge in [0, 0.05) is 23.5 Å². The van der Waals surface area contributed by atoms with Crippen molar-refractivity contribution >= 4 is 21.6 Å². The van der Waals surface area contributed by atoms with E-state index in [0.717, 1.165) is 27.3 Å². The number of ether oxygens (including phenoxy) is 1. The Morgan fingerprint density at radius 1 is 0.814 bits per heavy atom. The zero-order valence-corrected chi connectivity index (χ0v) is 24.7. The van der Waals surface area contributed by atoms with Crippen molar-refractivity contribution < 1.29 is 9.13 Å². The van der Waals surface area contributed by atoms with E-state index in [1.165, 1.54) is 26.5 Å². The van der Waals surface area contributed by atoms with Crippen molar-refractivity contribution in [1.82, 2.24) is 14.0 Å². The van der Waals surface area contributed by atoms with Gasteiger partial charge in [0.15, 0.2) is 0 Å². The van der Waals surface area contributed by atoms with Crippen LogP contribution in [-0.4, -0.2) is 28.2 Å². The molecule has 4 aromatic carbocycles. The standard InChI is InChI=1S/C35H30FN3O3S/c1-37(21-24-11-5-3-6-12-24)23-29-31-33(40)39(27-14-7-4-8-15-27)35(41)38(22-26-13-9-10-16-30(26)36)34(31)43-32(29)25-17-19-28(42-2)20-18-25/h3-20H,21-23H2,1-2H3. The fourth-order valence-corrected chi connectivity index (χ4v) is 6.66. The minimum Gasteiger partial charge on any atom is -0.497 e. The van der Waals surface area contributed by atoms with Crippen LogP contribution >= 0.6 is 11.3 Å². The van der Waals surface area contributed by atoms with Crippen LogP contribution in [0.25, 0.3) is 26.3 Å². The number of halogens is 1. The van der Waals surface area contributed by atoms with Crippen LogP contribution in [0.5, 0.6) is 5.75 Å². The maximum Gasteiger partial charge on any atom is 0.337 e. The molecule has 0 atom stereocenters. The highest BCUT2D eigenvalue weighted by Gasteiger charge is 2.25. The summed E-state index contributed by atoms with van der Waals surface area (Å²) in [5.41, 5.74) is 2.79. The van der Waals surface area contributed by atoms with Gasteiger partial charge in [-0.3, -0.25) is 14.3 Å². The lowest BCUT2D eigenvalue weighted by Gasteiger charge is -2.18. The number of methoxy groups -OCH3 is 1. The van der Waals surface area contributed by atoms with E-state index < -0.39 is 17.1 Å². The summed E-state index contributed by atoms with van der Waals surface area (Å²) in [5, 5.41) is 0.454. The molecular formula is C35H30FN3O3S. The molecule has 0 amide bonds. The lowest BCUT2D eigenvalue weighted by Crippen LogP contribution is -2.39. The number of hydrogen-bond acceptors (Lipinski definition) is 5. The maximum absolute atomic E-state index is 14.9. The third-order valence-electron chi connectivity index (χ3n) is 7.45. The van der Waals surface area contributed by atoms with Crippen molar-refractivity contribution in [1.29, 1.82) is 0 Å². The smallest absolute Gasteiger partial charge is 0.337 e. The number of thiophene rings is 1. The Morgan fingerprint density at radius 2 is 1.47 bits per heavy atom. The van der Waals surface area contributed by atoms with Crippen LogP contribution < -0.4 is 16.0 Å². The number of para-hydroxylation sites is 1. The SMILES string of the molecule is COc1ccc(-c2sc3c(c2CN(C)Cc2ccccc2)c(=O)n(-c2ccccc2)c(=O)n3Cc2ccccc2F)cc1. The summed E-state index contributed by atoms with van der Waals surface area (Å²) in [4.78, 5) is 32.0. The Bertz CT molecular complexity index is 2000. The first-order chi connectivity index (χ1) is 20.9. The summed E-state index contributed by atoms with van der Waals surface area (Å²) in [6.07, 6.45) is 0. The zero-order chi connectivity index (χ0) is 29.9. The third-order valence-corrected chi connectivity index (χ3v) is 8.75. The van der Waals surface area contributed by atoms with Gasteiger partial charge in [0.1, 0.15) is 16.4 Å². The van der Waals surface area contributed by atoms with Crippen molar-refractivity contribution in [3.63, 3.8) is 0 Å². The summed E-state index contributed by atoms with van der Waals surface area (Å²) in [7, 11) is 3.63. The number of aromatic nitrogens is 2. The van der Waals surface area contributed by atoms with Crippen molar-refractivity contribution in [2.45, 2.75) is 19.6 Å². The van der Waals surface area contributed by atoms with Crippen LogP contribution in [0.1, 0.15) is 16.7 Å². The third kappa shape index (κ3) is 5.67. The van der Waals surface area contributed by atoms with E-state index >= 15 is 0 Å². The van der Waals surface area contributed by atoms with Crippen molar-refractivity contribution in [3.8, 4) is 21.9 Å². The van der Waals surface area contributed by atoms with Gasteiger partial charge in [-0.15, -0.1) is 11.3 Å². The summed E-state index contributed by atoms with van der Waals surface area (Å²) in [5.74, 6) is 0.310. The molecule has 0 saturated heterocycles. The average Bonchev–Trinajstić information content (AvgIpc) is 3.40. The molecule has 0 aliphatic rings. The number of benzene rings is 4. The molecule has 216 valence electrons. The quantitative estimate of drug-likeness (QED) is 0.188. The van der Waals surface area contributed by atoms with Gasteiger partial charge in [-0.2, -0.15) is 0 Å². The van der Waals surface area contributed by atoms with E-state index in [-0.39, 0.29) is 6.54 Å². The first-order valence-corrected chi connectivity index (χ1v) is 14.7. The first-order valence-electron chi connectivity index (χ1n) is 13.9. The molecule has 0 unspecified atom stereocenters. The van der Waals surface area contributed by atoms with Gasteiger partial charge in [-0.05, 0) is 66.2 Å². The monoisotopic (exact) mass is 591 g/mol. The average molecular weight is 592 g/mol. The molecule has 8 heteroatoms. The van der Waals surface area contributed by atoms with Crippen molar-refractivity contribution in [2.24, 2.45) is 0 Å². The summed E-state index contributed by atoms with van der Waals surface area (Å²) >= 11 is 1.38. The highest BCUT2D eigenvalue weighted by atomic mass is 32.1. The minimum absolute atomic E-state index is 0.0169. The van der Waals surface area contributed by atoms with Crippen LogP contribution in [0.15, 0.2) is 119 Å². The molecule has 0 bridgehead atoms. The van der Waals surface area contributed by atoms with Gasteiger partial charge in [0.05, 0.1) is 24.7 Å². The second-order valence-electron chi connectivity index (χ2n) is 10.4. The van der Waals surface area contributed by atoms with E-state index in [2.05, 4.69) is 17.0 Å². The lowest BCUT2D eigenvalue weighted by atomic mass is 10.1. The topological polar surface area (TPSA) is 56.5 Å². The van der Waals surface area contributed by atoms with Gasteiger partial charge in [-0.25, -0.2) is 13.8 Å². The normalized spacial score (nSPS) is 11.3. The Balaban J connectivity index is 1.62. The number of fused-ring (bicyclic) bond motifs is 1. The Hall–Kier alpha value is -4.79. The number of nitrogens with zero attached hydrogens (tertiary/aromatic N) is 3. The number of hydrogen-bond donors (Lipinski definition) is 0. The summed E-state index contributed by atoms with van der Waals surface area (Å²) in [6, 6.07) is 33.1. The van der Waals surface area contributed by atoms with Gasteiger partial charge < -0.3 is 4.74 Å². The molecular weight excluding hydrogens is 561 g/mol. The van der Waals surface area contributed by atoms with Crippen LogP contribution in [0.4, 0.5) is 4.39 Å². The second-order valence-corrected chi connectivity index (χ2v) is 11.4. The molecule has 2 heterocycles. The van der Waals surface area contributed by atoms with Gasteiger partial charge in [0.2, 0.25) is 0 Å². The predicted molar refractivity (Wildman–Crippen MR) is 171 cm³/mol. The van der Waals surface area contributed by atoms with Crippen molar-refractivity contribution in [2.75, 3.05) is 14.2 Å². The molecule has 0 fully saturated rings. The predicted octanol–water partition coefficient (Wildman–Crippen LogP) is 6.71. The maximum atomic E-state index is 14.9. The molecule has 6 aromatic rings. The van der Waals surface area contributed by atoms with E-state index in [9.17, 15) is 14.0 Å². The van der Waals surface area contributed by atoms with Crippen molar-refractivity contribution in [3.05, 3.63) is 153 Å². The summed E-state index contributed by atoms with van der Waals surface area (Å²) < 4.78 is 23.0. The highest BCUT2D eigenvalue weighted by Crippen LogP contribution is 2.38. The highest BCUT2D eigenvalue weighted by molar-refractivity contribution is 7.22. The fraction of sp³-hybridized carbons (Fsp3) is 0.143. The van der Waals surface area contributed by atoms with Crippen LogP contribution in [0.3, 0.4) is 0 Å².